The van der Waals surface area contributed by atoms with Crippen molar-refractivity contribution in [3.63, 3.8) is 0 Å². The van der Waals surface area contributed by atoms with Gasteiger partial charge in [0, 0.05) is 66.8 Å². The van der Waals surface area contributed by atoms with Crippen molar-refractivity contribution >= 4 is 68.9 Å². The van der Waals surface area contributed by atoms with Gasteiger partial charge in [-0.3, -0.25) is 9.59 Å². The van der Waals surface area contributed by atoms with E-state index in [9.17, 15) is 19.8 Å². The SMILES string of the molecule is CC(C)(C)c1cc(C=NN=C2c3ccccc3-c3c(C(=O)Sc4nnc(SC(=O)c5cccc6c5-c5ccccc5C6=NN=Cc5cc(C(C)(C)C)c(O)c(C(C)(C)C)c5)s4)cccc32)cc(C(C)(C)C)c1O. The Morgan fingerprint density at radius 1 is 0.466 bits per heavy atom. The minimum absolute atomic E-state index is 0.217. The molecule has 7 aromatic rings. The fourth-order valence-corrected chi connectivity index (χ4v) is 12.1. The summed E-state index contributed by atoms with van der Waals surface area (Å²) >= 11 is 3.14. The first-order valence-electron chi connectivity index (χ1n) is 24.1. The van der Waals surface area contributed by atoms with Crippen LogP contribution in [0.3, 0.4) is 0 Å². The lowest BCUT2D eigenvalue weighted by Gasteiger charge is -2.27. The molecule has 6 aromatic carbocycles. The van der Waals surface area contributed by atoms with E-state index in [2.05, 4.69) is 103 Å². The molecule has 9 rings (SSSR count). The molecule has 1 heterocycles. The van der Waals surface area contributed by atoms with E-state index in [4.69, 9.17) is 10.2 Å². The highest BCUT2D eigenvalue weighted by molar-refractivity contribution is 8.17. The Bertz CT molecular complexity index is 3220. The molecule has 2 aliphatic carbocycles. The summed E-state index contributed by atoms with van der Waals surface area (Å²) in [6.07, 6.45) is 3.43. The molecule has 0 bridgehead atoms. The van der Waals surface area contributed by atoms with E-state index >= 15 is 0 Å². The summed E-state index contributed by atoms with van der Waals surface area (Å²) in [4.78, 5) is 28.5. The van der Waals surface area contributed by atoms with Gasteiger partial charge in [-0.2, -0.15) is 10.2 Å². The third kappa shape index (κ3) is 10.1. The van der Waals surface area contributed by atoms with Crippen LogP contribution in [0.5, 0.6) is 11.5 Å². The quantitative estimate of drug-likeness (QED) is 0.0868. The Hall–Kier alpha value is -6.80. The van der Waals surface area contributed by atoms with Crippen LogP contribution < -0.4 is 0 Å². The second-order valence-corrected chi connectivity index (χ2v) is 25.9. The smallest absolute Gasteiger partial charge is 0.227 e. The number of rotatable bonds is 8. The summed E-state index contributed by atoms with van der Waals surface area (Å²) in [6, 6.07) is 34.8. The number of fused-ring (bicyclic) bond motifs is 6. The molecular weight excluding hydrogens is 965 g/mol. The summed E-state index contributed by atoms with van der Waals surface area (Å²) < 4.78 is 0.823. The van der Waals surface area contributed by atoms with Crippen molar-refractivity contribution in [1.82, 2.24) is 10.2 Å². The Morgan fingerprint density at radius 2 is 0.781 bits per heavy atom. The number of hydrogen-bond acceptors (Lipinski definition) is 13. The molecule has 0 unspecified atom stereocenters. The van der Waals surface area contributed by atoms with Gasteiger partial charge in [-0.05, 0) is 104 Å². The maximum atomic E-state index is 14.3. The second kappa shape index (κ2) is 19.2. The number of phenols is 2. The Kier molecular flexibility index (Phi) is 13.5. The normalized spacial score (nSPS) is 14.6. The van der Waals surface area contributed by atoms with E-state index in [0.29, 0.717) is 42.7 Å². The zero-order chi connectivity index (χ0) is 52.4. The van der Waals surface area contributed by atoms with E-state index in [1.807, 2.05) is 109 Å². The molecule has 0 saturated heterocycles. The van der Waals surface area contributed by atoms with Gasteiger partial charge < -0.3 is 10.2 Å². The summed E-state index contributed by atoms with van der Waals surface area (Å²) in [5, 5.41) is 49.5. The Balaban J connectivity index is 0.955. The van der Waals surface area contributed by atoms with E-state index in [1.54, 1.807) is 12.4 Å². The molecule has 0 fully saturated rings. The minimum atomic E-state index is -0.294. The van der Waals surface area contributed by atoms with Gasteiger partial charge in [0.05, 0.1) is 12.4 Å². The molecular formula is C60H58N6O4S3. The third-order valence-corrected chi connectivity index (χ3v) is 15.8. The number of aromatic hydroxyl groups is 2. The summed E-state index contributed by atoms with van der Waals surface area (Å²) in [5.41, 5.74) is 12.7. The van der Waals surface area contributed by atoms with Gasteiger partial charge in [-0.25, -0.2) is 0 Å². The van der Waals surface area contributed by atoms with Crippen LogP contribution >= 0.6 is 34.9 Å². The summed E-state index contributed by atoms with van der Waals surface area (Å²) in [6.45, 7) is 24.9. The van der Waals surface area contributed by atoms with Crippen LogP contribution in [-0.4, -0.2) is 54.5 Å². The first kappa shape index (κ1) is 51.1. The van der Waals surface area contributed by atoms with Crippen LogP contribution in [0, 0.1) is 0 Å². The van der Waals surface area contributed by atoms with E-state index in [1.165, 1.54) is 11.3 Å². The van der Waals surface area contributed by atoms with Gasteiger partial charge in [-0.1, -0.05) is 167 Å². The molecule has 370 valence electrons. The minimum Gasteiger partial charge on any atom is -0.507 e. The number of carbonyl (C=O) groups excluding carboxylic acids is 2. The molecule has 10 nitrogen and oxygen atoms in total. The summed E-state index contributed by atoms with van der Waals surface area (Å²) in [5.74, 6) is 0.606. The van der Waals surface area contributed by atoms with Crippen molar-refractivity contribution in [2.75, 3.05) is 0 Å². The first-order chi connectivity index (χ1) is 34.4. The topological polar surface area (TPSA) is 150 Å². The van der Waals surface area contributed by atoms with Crippen molar-refractivity contribution in [1.29, 1.82) is 0 Å². The number of carbonyl (C=O) groups is 2. The Morgan fingerprint density at radius 3 is 1.11 bits per heavy atom. The lowest BCUT2D eigenvalue weighted by Crippen LogP contribution is -2.17. The molecule has 2 N–H and O–H groups in total. The van der Waals surface area contributed by atoms with E-state index < -0.39 is 0 Å². The first-order valence-corrected chi connectivity index (χ1v) is 26.6. The van der Waals surface area contributed by atoms with Gasteiger partial charge >= 0.3 is 0 Å². The molecule has 0 spiro atoms. The van der Waals surface area contributed by atoms with Crippen LogP contribution in [0.2, 0.25) is 0 Å². The van der Waals surface area contributed by atoms with Crippen molar-refractivity contribution in [2.45, 2.75) is 113 Å². The molecule has 73 heavy (non-hydrogen) atoms. The van der Waals surface area contributed by atoms with Crippen molar-refractivity contribution < 1.29 is 19.8 Å². The zero-order valence-corrected chi connectivity index (χ0v) is 45.6. The molecule has 1 aromatic heterocycles. The molecule has 0 aliphatic heterocycles. The number of aromatic nitrogens is 2. The second-order valence-electron chi connectivity index (χ2n) is 22.5. The maximum Gasteiger partial charge on any atom is 0.227 e. The van der Waals surface area contributed by atoms with Gasteiger partial charge in [0.15, 0.2) is 8.68 Å². The van der Waals surface area contributed by atoms with Crippen LogP contribution in [-0.2, 0) is 21.7 Å². The standard InChI is InChI=1S/C60H58N6O4S3/c1-57(2,3)43-27-33(28-44(51(43)67)58(4,5)6)31-61-63-49-37-21-15-13-19-35(37)47-39(49)23-17-25-41(47)53(69)71-55-65-66-56(73-55)72-54(70)42-26-18-24-40-48(42)36-20-14-16-22-38(36)50(40)64-62-32-34-29-45(59(7,8)9)52(68)46(30-34)60(10,11)12/h13-32,67-68H,1-12H3. The van der Waals surface area contributed by atoms with Crippen LogP contribution in [0.25, 0.3) is 22.3 Å². The van der Waals surface area contributed by atoms with Crippen molar-refractivity contribution in [2.24, 2.45) is 20.4 Å². The van der Waals surface area contributed by atoms with E-state index in [-0.39, 0.29) is 31.9 Å². The molecule has 0 atom stereocenters. The van der Waals surface area contributed by atoms with Gasteiger partial charge in [0.25, 0.3) is 0 Å². The maximum absolute atomic E-state index is 14.3. The average molecular weight is 1020 g/mol. The largest absolute Gasteiger partial charge is 0.507 e. The van der Waals surface area contributed by atoms with Gasteiger partial charge in [0.2, 0.25) is 10.2 Å². The fraction of sp³-hybridized carbons (Fsp3) is 0.267. The van der Waals surface area contributed by atoms with Gasteiger partial charge in [0.1, 0.15) is 22.9 Å². The molecule has 2 aliphatic rings. The Labute approximate surface area is 440 Å². The van der Waals surface area contributed by atoms with Crippen LogP contribution in [0.4, 0.5) is 0 Å². The number of hydrogen-bond donors (Lipinski definition) is 2. The molecule has 13 heteroatoms. The van der Waals surface area contributed by atoms with Crippen molar-refractivity contribution in [3.05, 3.63) is 176 Å². The lowest BCUT2D eigenvalue weighted by atomic mass is 9.78. The third-order valence-electron chi connectivity index (χ3n) is 13.0. The monoisotopic (exact) mass is 1020 g/mol. The number of phenolic OH excluding ortho intramolecular Hbond substituents is 2. The average Bonchev–Trinajstić information content (AvgIpc) is 4.00. The highest BCUT2D eigenvalue weighted by atomic mass is 32.2. The zero-order valence-electron chi connectivity index (χ0n) is 43.2. The lowest BCUT2D eigenvalue weighted by molar-refractivity contribution is 0.108. The van der Waals surface area contributed by atoms with Crippen LogP contribution in [0.1, 0.15) is 159 Å². The highest BCUT2D eigenvalue weighted by Gasteiger charge is 2.33. The van der Waals surface area contributed by atoms with E-state index in [0.717, 1.165) is 101 Å². The van der Waals surface area contributed by atoms with Gasteiger partial charge in [-0.15, -0.1) is 20.4 Å². The molecule has 0 saturated carbocycles. The summed E-state index contributed by atoms with van der Waals surface area (Å²) in [7, 11) is 0. The molecule has 0 amide bonds. The fourth-order valence-electron chi connectivity index (χ4n) is 9.34. The highest BCUT2D eigenvalue weighted by Crippen LogP contribution is 2.45. The number of benzene rings is 6. The number of nitrogens with zero attached hydrogens (tertiary/aromatic N) is 6. The predicted octanol–water partition coefficient (Wildman–Crippen LogP) is 14.7. The molecule has 0 radical (unpaired) electrons. The number of thioether (sulfide) groups is 2. The van der Waals surface area contributed by atoms with Crippen LogP contribution in [0.15, 0.2) is 138 Å². The predicted molar refractivity (Wildman–Crippen MR) is 302 cm³/mol. The van der Waals surface area contributed by atoms with Crippen molar-refractivity contribution in [3.8, 4) is 33.8 Å².